The fraction of sp³-hybridized carbons (Fsp3) is 0.333. The van der Waals surface area contributed by atoms with Crippen molar-refractivity contribution in [2.24, 2.45) is 0 Å². The smallest absolute Gasteiger partial charge is 0.291 e. The number of likely N-dealkylation sites (tertiary alicyclic amines) is 1. The van der Waals surface area contributed by atoms with E-state index < -0.39 is 0 Å². The van der Waals surface area contributed by atoms with Gasteiger partial charge < -0.3 is 19.4 Å². The molecule has 0 saturated carbocycles. The maximum Gasteiger partial charge on any atom is 0.291 e. The molecule has 1 fully saturated rings. The first-order valence-corrected chi connectivity index (χ1v) is 10.4. The number of para-hydroxylation sites is 1. The Morgan fingerprint density at radius 2 is 1.83 bits per heavy atom. The van der Waals surface area contributed by atoms with Gasteiger partial charge in [0.1, 0.15) is 5.58 Å². The number of hydrogen-bond donors (Lipinski definition) is 1. The van der Waals surface area contributed by atoms with E-state index in [4.69, 9.17) is 9.15 Å². The maximum absolute atomic E-state index is 12.6. The van der Waals surface area contributed by atoms with E-state index in [9.17, 15) is 9.59 Å². The van der Waals surface area contributed by atoms with Crippen molar-refractivity contribution in [2.45, 2.75) is 32.3 Å². The molecule has 4 rings (SSSR count). The summed E-state index contributed by atoms with van der Waals surface area (Å²) in [4.78, 5) is 26.9. The average Bonchev–Trinajstić information content (AvgIpc) is 3.20. The Hall–Kier alpha value is -3.12. The minimum atomic E-state index is -0.299. The highest BCUT2D eigenvalue weighted by molar-refractivity contribution is 6.04. The standard InChI is InChI=1S/C24H26N2O4/c1-2-29-20-11-13-26(14-12-20)23(27)15-17-7-9-19(10-8-17)25-24(28)22-16-18-5-3-4-6-21(18)30-22/h3-10,16,20H,2,11-15H2,1H3,(H,25,28). The molecule has 156 valence electrons. The molecule has 1 aromatic heterocycles. The highest BCUT2D eigenvalue weighted by Gasteiger charge is 2.23. The van der Waals surface area contributed by atoms with Crippen LogP contribution in [0.15, 0.2) is 59.0 Å². The molecule has 6 heteroatoms. The van der Waals surface area contributed by atoms with Crippen LogP contribution in [-0.2, 0) is 16.0 Å². The van der Waals surface area contributed by atoms with Crippen LogP contribution in [0.4, 0.5) is 5.69 Å². The molecule has 6 nitrogen and oxygen atoms in total. The normalized spacial score (nSPS) is 14.8. The Labute approximate surface area is 175 Å². The fourth-order valence-electron chi connectivity index (χ4n) is 3.79. The number of carbonyl (C=O) groups excluding carboxylic acids is 2. The van der Waals surface area contributed by atoms with E-state index in [1.165, 1.54) is 0 Å². The monoisotopic (exact) mass is 406 g/mol. The van der Waals surface area contributed by atoms with Crippen LogP contribution < -0.4 is 5.32 Å². The zero-order valence-electron chi connectivity index (χ0n) is 17.1. The lowest BCUT2D eigenvalue weighted by molar-refractivity contribution is -0.133. The van der Waals surface area contributed by atoms with Crippen LogP contribution in [0.3, 0.4) is 0 Å². The molecule has 1 N–H and O–H groups in total. The highest BCUT2D eigenvalue weighted by Crippen LogP contribution is 2.20. The van der Waals surface area contributed by atoms with Crippen LogP contribution >= 0.6 is 0 Å². The number of piperidine rings is 1. The Balaban J connectivity index is 1.31. The van der Waals surface area contributed by atoms with E-state index in [1.807, 2.05) is 60.4 Å². The third-order valence-electron chi connectivity index (χ3n) is 5.41. The Morgan fingerprint density at radius 1 is 1.10 bits per heavy atom. The number of hydrogen-bond acceptors (Lipinski definition) is 4. The van der Waals surface area contributed by atoms with Gasteiger partial charge in [-0.05, 0) is 49.6 Å². The molecule has 30 heavy (non-hydrogen) atoms. The van der Waals surface area contributed by atoms with E-state index in [1.54, 1.807) is 6.07 Å². The summed E-state index contributed by atoms with van der Waals surface area (Å²) < 4.78 is 11.2. The van der Waals surface area contributed by atoms with Crippen LogP contribution in [0, 0.1) is 0 Å². The predicted molar refractivity (Wildman–Crippen MR) is 116 cm³/mol. The summed E-state index contributed by atoms with van der Waals surface area (Å²) in [5.41, 5.74) is 2.27. The Kier molecular flexibility index (Phi) is 6.14. The molecule has 2 heterocycles. The number of amides is 2. The van der Waals surface area contributed by atoms with Gasteiger partial charge in [0.05, 0.1) is 12.5 Å². The first-order valence-electron chi connectivity index (χ1n) is 10.4. The molecule has 1 saturated heterocycles. The summed E-state index contributed by atoms with van der Waals surface area (Å²) in [5.74, 6) is 0.0992. The molecule has 0 unspecified atom stereocenters. The minimum Gasteiger partial charge on any atom is -0.451 e. The number of benzene rings is 2. The van der Waals surface area contributed by atoms with Crippen molar-refractivity contribution in [3.05, 3.63) is 65.9 Å². The molecule has 0 bridgehead atoms. The number of anilines is 1. The van der Waals surface area contributed by atoms with Crippen LogP contribution in [0.25, 0.3) is 11.0 Å². The Morgan fingerprint density at radius 3 is 2.53 bits per heavy atom. The van der Waals surface area contributed by atoms with Crippen molar-refractivity contribution in [1.82, 2.24) is 4.90 Å². The second kappa shape index (κ2) is 9.13. The van der Waals surface area contributed by atoms with Gasteiger partial charge in [0.15, 0.2) is 5.76 Å². The summed E-state index contributed by atoms with van der Waals surface area (Å²) in [6, 6.07) is 16.6. The molecule has 0 radical (unpaired) electrons. The largest absolute Gasteiger partial charge is 0.451 e. The molecule has 2 aromatic carbocycles. The first-order chi connectivity index (χ1) is 14.6. The lowest BCUT2D eigenvalue weighted by atomic mass is 10.1. The molecule has 0 atom stereocenters. The third kappa shape index (κ3) is 4.71. The van der Waals surface area contributed by atoms with E-state index >= 15 is 0 Å². The Bertz CT molecular complexity index is 984. The lowest BCUT2D eigenvalue weighted by Gasteiger charge is -2.31. The SMILES string of the molecule is CCOC1CCN(C(=O)Cc2ccc(NC(=O)c3cc4ccccc4o3)cc2)CC1. The van der Waals surface area contributed by atoms with E-state index in [-0.39, 0.29) is 23.7 Å². The van der Waals surface area contributed by atoms with Crippen LogP contribution in [0.2, 0.25) is 0 Å². The quantitative estimate of drug-likeness (QED) is 0.664. The summed E-state index contributed by atoms with van der Waals surface area (Å²) in [5, 5.41) is 3.73. The van der Waals surface area contributed by atoms with Crippen molar-refractivity contribution < 1.29 is 18.7 Å². The molecule has 0 spiro atoms. The van der Waals surface area contributed by atoms with Gasteiger partial charge in [-0.1, -0.05) is 30.3 Å². The van der Waals surface area contributed by atoms with Gasteiger partial charge in [-0.25, -0.2) is 0 Å². The van der Waals surface area contributed by atoms with E-state index in [0.29, 0.717) is 17.7 Å². The van der Waals surface area contributed by atoms with Crippen molar-refractivity contribution in [2.75, 3.05) is 25.0 Å². The number of carbonyl (C=O) groups is 2. The van der Waals surface area contributed by atoms with Gasteiger partial charge >= 0.3 is 0 Å². The fourth-order valence-corrected chi connectivity index (χ4v) is 3.79. The molecule has 1 aliphatic rings. The minimum absolute atomic E-state index is 0.129. The van der Waals surface area contributed by atoms with E-state index in [2.05, 4.69) is 5.32 Å². The number of nitrogens with one attached hydrogen (secondary N) is 1. The highest BCUT2D eigenvalue weighted by atomic mass is 16.5. The molecular weight excluding hydrogens is 380 g/mol. The number of fused-ring (bicyclic) bond motifs is 1. The van der Waals surface area contributed by atoms with Crippen LogP contribution in [-0.4, -0.2) is 42.5 Å². The number of rotatable bonds is 6. The second-order valence-corrected chi connectivity index (χ2v) is 7.51. The molecule has 2 amide bonds. The lowest BCUT2D eigenvalue weighted by Crippen LogP contribution is -2.41. The first kappa shape index (κ1) is 20.2. The van der Waals surface area contributed by atoms with Crippen molar-refractivity contribution >= 4 is 28.5 Å². The topological polar surface area (TPSA) is 71.8 Å². The predicted octanol–water partition coefficient (Wildman–Crippen LogP) is 4.26. The summed E-state index contributed by atoms with van der Waals surface area (Å²) in [6.45, 7) is 4.21. The van der Waals surface area contributed by atoms with Crippen molar-refractivity contribution in [1.29, 1.82) is 0 Å². The zero-order chi connectivity index (χ0) is 20.9. The average molecular weight is 406 g/mol. The molecular formula is C24H26N2O4. The molecule has 0 aliphatic carbocycles. The van der Waals surface area contributed by atoms with Crippen molar-refractivity contribution in [3.63, 3.8) is 0 Å². The van der Waals surface area contributed by atoms with Crippen molar-refractivity contribution in [3.8, 4) is 0 Å². The number of furan rings is 1. The number of nitrogens with zero attached hydrogens (tertiary/aromatic N) is 1. The van der Waals surface area contributed by atoms with Gasteiger partial charge in [-0.15, -0.1) is 0 Å². The zero-order valence-corrected chi connectivity index (χ0v) is 17.1. The van der Waals surface area contributed by atoms with Crippen LogP contribution in [0.5, 0.6) is 0 Å². The summed E-state index contributed by atoms with van der Waals surface area (Å²) in [7, 11) is 0. The van der Waals surface area contributed by atoms with Gasteiger partial charge in [0.25, 0.3) is 5.91 Å². The maximum atomic E-state index is 12.6. The van der Waals surface area contributed by atoms with Gasteiger partial charge in [0, 0.05) is 30.8 Å². The number of ether oxygens (including phenoxy) is 1. The third-order valence-corrected chi connectivity index (χ3v) is 5.41. The van der Waals surface area contributed by atoms with Crippen LogP contribution in [0.1, 0.15) is 35.9 Å². The van der Waals surface area contributed by atoms with Gasteiger partial charge in [0.2, 0.25) is 5.91 Å². The summed E-state index contributed by atoms with van der Waals surface area (Å²) >= 11 is 0. The second-order valence-electron chi connectivity index (χ2n) is 7.51. The summed E-state index contributed by atoms with van der Waals surface area (Å²) in [6.07, 6.45) is 2.42. The molecule has 1 aliphatic heterocycles. The van der Waals surface area contributed by atoms with E-state index in [0.717, 1.165) is 43.5 Å². The van der Waals surface area contributed by atoms with Gasteiger partial charge in [-0.3, -0.25) is 9.59 Å². The molecule has 3 aromatic rings. The van der Waals surface area contributed by atoms with Gasteiger partial charge in [-0.2, -0.15) is 0 Å².